The summed E-state index contributed by atoms with van der Waals surface area (Å²) in [5, 5.41) is 4.52. The molecule has 0 spiro atoms. The minimum absolute atomic E-state index is 0.312. The van der Waals surface area contributed by atoms with E-state index < -0.39 is 0 Å². The third-order valence-corrected chi connectivity index (χ3v) is 4.09. The van der Waals surface area contributed by atoms with E-state index in [0.717, 1.165) is 11.6 Å². The molecule has 2 nitrogen and oxygen atoms in total. The van der Waals surface area contributed by atoms with Crippen LogP contribution in [0.1, 0.15) is 31.9 Å². The molecule has 0 radical (unpaired) electrons. The Kier molecular flexibility index (Phi) is 4.08. The van der Waals surface area contributed by atoms with Crippen LogP contribution in [0.4, 0.5) is 0 Å². The number of hydrogen-bond acceptors (Lipinski definition) is 2. The topological polar surface area (TPSA) is 15.3 Å². The van der Waals surface area contributed by atoms with Gasteiger partial charge in [-0.3, -0.25) is 0 Å². The van der Waals surface area contributed by atoms with Crippen LogP contribution in [0.25, 0.3) is 0 Å². The fourth-order valence-electron chi connectivity index (χ4n) is 2.58. The molecule has 3 heteroatoms. The lowest BCUT2D eigenvalue weighted by Gasteiger charge is -2.20. The molecule has 0 saturated carbocycles. The van der Waals surface area contributed by atoms with Gasteiger partial charge in [0.15, 0.2) is 0 Å². The van der Waals surface area contributed by atoms with Crippen molar-refractivity contribution < 1.29 is 0 Å². The average Bonchev–Trinajstić information content (AvgIpc) is 2.58. The Bertz CT molecular complexity index is 370. The van der Waals surface area contributed by atoms with Gasteiger partial charge in [0, 0.05) is 29.7 Å². The number of benzene rings is 1. The Labute approximate surface area is 109 Å². The van der Waals surface area contributed by atoms with Gasteiger partial charge < -0.3 is 10.2 Å². The Hall–Kier alpha value is -0.570. The normalized spacial score (nSPS) is 27.3. The van der Waals surface area contributed by atoms with Gasteiger partial charge in [-0.15, -0.1) is 0 Å². The smallest absolute Gasteiger partial charge is 0.0453 e. The van der Waals surface area contributed by atoms with Crippen molar-refractivity contribution in [2.45, 2.75) is 38.4 Å². The molecule has 0 amide bonds. The Morgan fingerprint density at radius 1 is 1.41 bits per heavy atom. The number of halogens is 1. The van der Waals surface area contributed by atoms with Crippen LogP contribution in [-0.2, 0) is 0 Å². The van der Waals surface area contributed by atoms with Crippen LogP contribution in [0.3, 0.4) is 0 Å². The lowest BCUT2D eigenvalue weighted by atomic mass is 10.1. The highest BCUT2D eigenvalue weighted by Gasteiger charge is 2.27. The summed E-state index contributed by atoms with van der Waals surface area (Å²) in [6.45, 7) is 5.59. The molecule has 94 valence electrons. The molecule has 0 aromatic heterocycles. The van der Waals surface area contributed by atoms with Crippen molar-refractivity contribution in [1.82, 2.24) is 10.2 Å². The minimum atomic E-state index is 0.312. The number of hydrogen-bond donors (Lipinski definition) is 1. The van der Waals surface area contributed by atoms with Crippen molar-refractivity contribution in [2.24, 2.45) is 0 Å². The highest BCUT2D eigenvalue weighted by Crippen LogP contribution is 2.24. The van der Waals surface area contributed by atoms with E-state index in [2.05, 4.69) is 37.2 Å². The molecule has 17 heavy (non-hydrogen) atoms. The Morgan fingerprint density at radius 3 is 2.71 bits per heavy atom. The van der Waals surface area contributed by atoms with Crippen molar-refractivity contribution in [3.63, 3.8) is 0 Å². The highest BCUT2D eigenvalue weighted by molar-refractivity contribution is 6.31. The summed E-state index contributed by atoms with van der Waals surface area (Å²) >= 11 is 6.21. The summed E-state index contributed by atoms with van der Waals surface area (Å²) in [7, 11) is 2.19. The fourth-order valence-corrected chi connectivity index (χ4v) is 2.88. The van der Waals surface area contributed by atoms with Gasteiger partial charge >= 0.3 is 0 Å². The molecule has 3 atom stereocenters. The summed E-state index contributed by atoms with van der Waals surface area (Å²) in [5.74, 6) is 0. The molecular weight excluding hydrogens is 232 g/mol. The van der Waals surface area contributed by atoms with Crippen molar-refractivity contribution in [3.8, 4) is 0 Å². The molecule has 0 bridgehead atoms. The summed E-state index contributed by atoms with van der Waals surface area (Å²) in [5.41, 5.74) is 1.19. The average molecular weight is 253 g/mol. The van der Waals surface area contributed by atoms with Gasteiger partial charge in [-0.1, -0.05) is 29.8 Å². The van der Waals surface area contributed by atoms with E-state index in [1.165, 1.54) is 12.0 Å². The summed E-state index contributed by atoms with van der Waals surface area (Å²) in [6, 6.07) is 9.63. The molecule has 1 heterocycles. The maximum Gasteiger partial charge on any atom is 0.0453 e. The van der Waals surface area contributed by atoms with E-state index in [4.69, 9.17) is 11.6 Å². The van der Waals surface area contributed by atoms with Gasteiger partial charge in [0.1, 0.15) is 0 Å². The second-order valence-electron chi connectivity index (χ2n) is 5.13. The van der Waals surface area contributed by atoms with Crippen LogP contribution in [-0.4, -0.2) is 30.6 Å². The first-order valence-corrected chi connectivity index (χ1v) is 6.66. The second-order valence-corrected chi connectivity index (χ2v) is 5.54. The van der Waals surface area contributed by atoms with Crippen LogP contribution in [0, 0.1) is 0 Å². The highest BCUT2D eigenvalue weighted by atomic mass is 35.5. The molecule has 1 saturated heterocycles. The molecule has 1 aromatic carbocycles. The Balaban J connectivity index is 1.98. The number of likely N-dealkylation sites (tertiary alicyclic amines) is 1. The zero-order valence-corrected chi connectivity index (χ0v) is 11.5. The van der Waals surface area contributed by atoms with Gasteiger partial charge in [-0.2, -0.15) is 0 Å². The second kappa shape index (κ2) is 5.38. The molecule has 0 aliphatic carbocycles. The maximum atomic E-state index is 6.21. The molecule has 1 fully saturated rings. The van der Waals surface area contributed by atoms with Crippen LogP contribution in [0.5, 0.6) is 0 Å². The van der Waals surface area contributed by atoms with Crippen LogP contribution >= 0.6 is 11.6 Å². The molecule has 2 rings (SSSR count). The number of likely N-dealkylation sites (N-methyl/N-ethyl adjacent to an activating group) is 1. The SMILES string of the molecule is CC(NC1CC(C)N(C)C1)c1ccccc1Cl. The molecule has 1 aromatic rings. The van der Waals surface area contributed by atoms with Crippen molar-refractivity contribution >= 4 is 11.6 Å². The van der Waals surface area contributed by atoms with E-state index in [0.29, 0.717) is 18.1 Å². The van der Waals surface area contributed by atoms with Crippen molar-refractivity contribution in [3.05, 3.63) is 34.9 Å². The van der Waals surface area contributed by atoms with Gasteiger partial charge in [-0.05, 0) is 38.9 Å². The van der Waals surface area contributed by atoms with E-state index in [9.17, 15) is 0 Å². The van der Waals surface area contributed by atoms with E-state index in [1.807, 2.05) is 18.2 Å². The van der Waals surface area contributed by atoms with E-state index in [-0.39, 0.29) is 0 Å². The van der Waals surface area contributed by atoms with Crippen molar-refractivity contribution in [1.29, 1.82) is 0 Å². The Morgan fingerprint density at radius 2 is 2.12 bits per heavy atom. The summed E-state index contributed by atoms with van der Waals surface area (Å²) in [4.78, 5) is 2.40. The zero-order valence-electron chi connectivity index (χ0n) is 10.8. The number of rotatable bonds is 3. The summed E-state index contributed by atoms with van der Waals surface area (Å²) in [6.07, 6.45) is 1.21. The zero-order chi connectivity index (χ0) is 12.4. The third kappa shape index (κ3) is 3.01. The molecular formula is C14H21ClN2. The minimum Gasteiger partial charge on any atom is -0.306 e. The predicted octanol–water partition coefficient (Wildman–Crippen LogP) is 3.08. The van der Waals surface area contributed by atoms with Gasteiger partial charge in [-0.25, -0.2) is 0 Å². The first-order chi connectivity index (χ1) is 8.08. The quantitative estimate of drug-likeness (QED) is 0.890. The van der Waals surface area contributed by atoms with Crippen LogP contribution < -0.4 is 5.32 Å². The van der Waals surface area contributed by atoms with Gasteiger partial charge in [0.05, 0.1) is 0 Å². The standard InChI is InChI=1S/C14H21ClN2/c1-10-8-12(9-17(10)3)16-11(2)13-6-4-5-7-14(13)15/h4-7,10-12,16H,8-9H2,1-3H3. The first-order valence-electron chi connectivity index (χ1n) is 6.28. The third-order valence-electron chi connectivity index (χ3n) is 3.74. The number of nitrogens with one attached hydrogen (secondary N) is 1. The van der Waals surface area contributed by atoms with E-state index >= 15 is 0 Å². The molecule has 1 aliphatic heterocycles. The molecule has 3 unspecified atom stereocenters. The molecule has 1 N–H and O–H groups in total. The monoisotopic (exact) mass is 252 g/mol. The first kappa shape index (κ1) is 12.9. The van der Waals surface area contributed by atoms with Crippen LogP contribution in [0.2, 0.25) is 5.02 Å². The molecule has 1 aliphatic rings. The lowest BCUT2D eigenvalue weighted by Crippen LogP contribution is -2.33. The predicted molar refractivity (Wildman–Crippen MR) is 73.5 cm³/mol. The summed E-state index contributed by atoms with van der Waals surface area (Å²) < 4.78 is 0. The maximum absolute atomic E-state index is 6.21. The van der Waals surface area contributed by atoms with Gasteiger partial charge in [0.25, 0.3) is 0 Å². The van der Waals surface area contributed by atoms with Crippen LogP contribution in [0.15, 0.2) is 24.3 Å². The van der Waals surface area contributed by atoms with E-state index in [1.54, 1.807) is 0 Å². The van der Waals surface area contributed by atoms with Gasteiger partial charge in [0.2, 0.25) is 0 Å². The fraction of sp³-hybridized carbons (Fsp3) is 0.571. The van der Waals surface area contributed by atoms with Crippen molar-refractivity contribution in [2.75, 3.05) is 13.6 Å². The largest absolute Gasteiger partial charge is 0.306 e. The lowest BCUT2D eigenvalue weighted by molar-refractivity contribution is 0.325. The number of nitrogens with zero attached hydrogens (tertiary/aromatic N) is 1.